The van der Waals surface area contributed by atoms with E-state index < -0.39 is 34.5 Å². The van der Waals surface area contributed by atoms with Gasteiger partial charge in [0.1, 0.15) is 11.6 Å². The van der Waals surface area contributed by atoms with E-state index in [0.29, 0.717) is 65.4 Å². The van der Waals surface area contributed by atoms with E-state index in [1.165, 1.54) is 0 Å². The number of nitrogens with one attached hydrogen (secondary N) is 2. The Morgan fingerprint density at radius 1 is 0.705 bits per heavy atom. The molecule has 11 nitrogen and oxygen atoms in total. The minimum Gasteiger partial charge on any atom is -0.464 e. The summed E-state index contributed by atoms with van der Waals surface area (Å²) in [4.78, 5) is 38.3. The minimum atomic E-state index is -0.825. The molecule has 0 spiro atoms. The Bertz CT molecular complexity index is 866. The number of carbonyl (C=O) groups is 3. The van der Waals surface area contributed by atoms with Crippen molar-refractivity contribution >= 4 is 18.0 Å². The van der Waals surface area contributed by atoms with Crippen LogP contribution in [0.4, 0.5) is 4.79 Å². The molecule has 0 aromatic carbocycles. The second-order valence-corrected chi connectivity index (χ2v) is 16.1. The minimum absolute atomic E-state index is 0.137. The van der Waals surface area contributed by atoms with Crippen molar-refractivity contribution in [2.24, 2.45) is 27.4 Å². The van der Waals surface area contributed by atoms with Crippen LogP contribution in [0, 0.1) is 21.7 Å². The molecule has 1 atom stereocenters. The first-order valence-electron chi connectivity index (χ1n) is 15.8. The number of carbonyl (C=O) groups excluding carboxylic acids is 3. The highest BCUT2D eigenvalue weighted by molar-refractivity contribution is 5.84. The smallest absolute Gasteiger partial charge is 0.407 e. The Hall–Kier alpha value is -1.95. The van der Waals surface area contributed by atoms with E-state index in [2.05, 4.69) is 24.5 Å². The van der Waals surface area contributed by atoms with Gasteiger partial charge in [0.05, 0.1) is 39.6 Å². The van der Waals surface area contributed by atoms with Gasteiger partial charge < -0.3 is 40.1 Å². The van der Waals surface area contributed by atoms with Crippen molar-refractivity contribution in [3.05, 3.63) is 0 Å². The van der Waals surface area contributed by atoms with Gasteiger partial charge in [0.25, 0.3) is 0 Å². The van der Waals surface area contributed by atoms with Gasteiger partial charge in [0, 0.05) is 36.3 Å². The van der Waals surface area contributed by atoms with Crippen LogP contribution in [-0.4, -0.2) is 89.5 Å². The first kappa shape index (κ1) is 42.0. The summed E-state index contributed by atoms with van der Waals surface area (Å²) in [6.07, 6.45) is 1.24. The van der Waals surface area contributed by atoms with Crippen molar-refractivity contribution in [1.82, 2.24) is 10.6 Å². The number of rotatable bonds is 22. The van der Waals surface area contributed by atoms with Crippen LogP contribution in [-0.2, 0) is 33.3 Å². The summed E-state index contributed by atoms with van der Waals surface area (Å²) in [6, 6.07) is -0.825. The number of amides is 2. The molecule has 11 heteroatoms. The van der Waals surface area contributed by atoms with E-state index >= 15 is 0 Å². The summed E-state index contributed by atoms with van der Waals surface area (Å²) < 4.78 is 28.0. The van der Waals surface area contributed by atoms with Gasteiger partial charge in [-0.1, -0.05) is 55.4 Å². The first-order valence-corrected chi connectivity index (χ1v) is 15.8. The topological polar surface area (TPSA) is 147 Å². The quantitative estimate of drug-likeness (QED) is 0.113. The maximum atomic E-state index is 13.2. The van der Waals surface area contributed by atoms with Crippen LogP contribution >= 0.6 is 0 Å². The van der Waals surface area contributed by atoms with Crippen LogP contribution in [0.3, 0.4) is 0 Å². The predicted molar refractivity (Wildman–Crippen MR) is 173 cm³/mol. The first-order chi connectivity index (χ1) is 20.0. The van der Waals surface area contributed by atoms with Crippen LogP contribution in [0.15, 0.2) is 0 Å². The Labute approximate surface area is 267 Å². The lowest BCUT2D eigenvalue weighted by Gasteiger charge is -2.29. The highest BCUT2D eigenvalue weighted by atomic mass is 16.6. The van der Waals surface area contributed by atoms with Crippen LogP contribution in [0.25, 0.3) is 0 Å². The number of esters is 1. The fourth-order valence-electron chi connectivity index (χ4n) is 4.07. The van der Waals surface area contributed by atoms with Gasteiger partial charge in [-0.25, -0.2) is 9.59 Å². The average molecular weight is 632 g/mol. The van der Waals surface area contributed by atoms with Crippen LogP contribution in [0.2, 0.25) is 0 Å². The molecular weight excluding hydrogens is 566 g/mol. The number of alkyl carbamates (subject to hydrolysis) is 1. The molecule has 0 bridgehead atoms. The Kier molecular flexibility index (Phi) is 18.0. The molecule has 4 N–H and O–H groups in total. The normalized spacial score (nSPS) is 13.8. The lowest BCUT2D eigenvalue weighted by atomic mass is 9.89. The molecule has 44 heavy (non-hydrogen) atoms. The van der Waals surface area contributed by atoms with Gasteiger partial charge in [0.15, 0.2) is 0 Å². The largest absolute Gasteiger partial charge is 0.464 e. The average Bonchev–Trinajstić information content (AvgIpc) is 2.84. The zero-order valence-corrected chi connectivity index (χ0v) is 29.9. The van der Waals surface area contributed by atoms with E-state index in [-0.39, 0.29) is 29.8 Å². The number of nitrogens with two attached hydrogens (primary N) is 1. The third-order valence-electron chi connectivity index (χ3n) is 6.51. The molecule has 2 amide bonds. The Balaban J connectivity index is 5.16. The summed E-state index contributed by atoms with van der Waals surface area (Å²) in [5, 5.41) is 5.61. The van der Waals surface area contributed by atoms with E-state index in [9.17, 15) is 14.4 Å². The molecule has 0 unspecified atom stereocenters. The summed E-state index contributed by atoms with van der Waals surface area (Å²) in [5.41, 5.74) is 4.06. The second-order valence-electron chi connectivity index (χ2n) is 16.1. The highest BCUT2D eigenvalue weighted by Crippen LogP contribution is 2.24. The fourth-order valence-corrected chi connectivity index (χ4v) is 4.07. The van der Waals surface area contributed by atoms with Crippen molar-refractivity contribution in [2.45, 2.75) is 113 Å². The second kappa shape index (κ2) is 18.9. The van der Waals surface area contributed by atoms with Crippen molar-refractivity contribution in [3.63, 3.8) is 0 Å². The summed E-state index contributed by atoms with van der Waals surface area (Å²) in [6.45, 7) is 24.8. The van der Waals surface area contributed by atoms with Crippen LogP contribution in [0.1, 0.15) is 102 Å². The van der Waals surface area contributed by atoms with E-state index in [0.717, 1.165) is 0 Å². The molecule has 0 saturated carbocycles. The standard InChI is InChI=1S/C33H65N3O8/c1-29(2,3)44-28(39)35-16-14-13-15-25(27(38)43-24-33(10,11)23-42-21-31(6,7)18-34)36-26(37)17-30(4,5)20-41-22-32(8,9)19-40-12/h25H,13-24,34H2,1-12H3,(H,35,39)(H,36,37)/t25-/m1/s1. The van der Waals surface area contributed by atoms with Crippen LogP contribution in [0.5, 0.6) is 0 Å². The zero-order chi connectivity index (χ0) is 34.2. The van der Waals surface area contributed by atoms with Crippen molar-refractivity contribution in [2.75, 3.05) is 59.8 Å². The molecule has 0 radical (unpaired) electrons. The van der Waals surface area contributed by atoms with Gasteiger partial charge in [-0.3, -0.25) is 4.79 Å². The molecule has 0 aromatic heterocycles. The van der Waals surface area contributed by atoms with Gasteiger partial charge in [-0.05, 0) is 52.0 Å². The van der Waals surface area contributed by atoms with Gasteiger partial charge >= 0.3 is 12.1 Å². The molecule has 0 saturated heterocycles. The number of hydrogen-bond acceptors (Lipinski definition) is 9. The van der Waals surface area contributed by atoms with Crippen LogP contribution < -0.4 is 16.4 Å². The summed E-state index contributed by atoms with van der Waals surface area (Å²) >= 11 is 0. The lowest BCUT2D eigenvalue weighted by Crippen LogP contribution is -2.44. The molecule has 0 aliphatic heterocycles. The monoisotopic (exact) mass is 631 g/mol. The molecule has 0 rings (SSSR count). The highest BCUT2D eigenvalue weighted by Gasteiger charge is 2.30. The molecule has 0 aromatic rings. The number of unbranched alkanes of at least 4 members (excludes halogenated alkanes) is 1. The zero-order valence-electron chi connectivity index (χ0n) is 29.9. The predicted octanol–water partition coefficient (Wildman–Crippen LogP) is 4.84. The van der Waals surface area contributed by atoms with Gasteiger partial charge in [-0.15, -0.1) is 0 Å². The molecule has 0 aliphatic carbocycles. The molecule has 0 aliphatic rings. The number of ether oxygens (including phenoxy) is 5. The van der Waals surface area contributed by atoms with E-state index in [4.69, 9.17) is 29.4 Å². The summed E-state index contributed by atoms with van der Waals surface area (Å²) in [7, 11) is 1.66. The maximum absolute atomic E-state index is 13.2. The fraction of sp³-hybridized carbons (Fsp3) is 0.909. The SMILES string of the molecule is COCC(C)(C)COCC(C)(C)CC(=O)N[C@H](CCCCNC(=O)OC(C)(C)C)C(=O)OCC(C)(C)COCC(C)(C)CN. The third kappa shape index (κ3) is 21.7. The molecule has 0 heterocycles. The van der Waals surface area contributed by atoms with E-state index in [1.54, 1.807) is 27.9 Å². The van der Waals surface area contributed by atoms with Crippen molar-refractivity contribution in [3.8, 4) is 0 Å². The number of hydrogen-bond donors (Lipinski definition) is 3. The Morgan fingerprint density at radius 3 is 1.75 bits per heavy atom. The van der Waals surface area contributed by atoms with Gasteiger partial charge in [-0.2, -0.15) is 0 Å². The molecule has 0 fully saturated rings. The lowest BCUT2D eigenvalue weighted by molar-refractivity contribution is -0.152. The van der Waals surface area contributed by atoms with Crippen molar-refractivity contribution in [1.29, 1.82) is 0 Å². The maximum Gasteiger partial charge on any atom is 0.407 e. The number of methoxy groups -OCH3 is 1. The molecule has 260 valence electrons. The molecular formula is C33H65N3O8. The van der Waals surface area contributed by atoms with Gasteiger partial charge in [0.2, 0.25) is 5.91 Å². The third-order valence-corrected chi connectivity index (χ3v) is 6.51. The Morgan fingerprint density at radius 2 is 1.23 bits per heavy atom. The van der Waals surface area contributed by atoms with Crippen molar-refractivity contribution < 1.29 is 38.1 Å². The van der Waals surface area contributed by atoms with E-state index in [1.807, 2.05) is 41.5 Å². The summed E-state index contributed by atoms with van der Waals surface area (Å²) in [5.74, 6) is -0.751.